The molecule has 1 heterocycles. The SMILES string of the molecule is COc1ccc(C#Cc2cc(Br)ccn2)cc1. The Hall–Kier alpha value is -1.79. The van der Waals surface area contributed by atoms with Gasteiger partial charge in [-0.3, -0.25) is 0 Å². The lowest BCUT2D eigenvalue weighted by atomic mass is 10.2. The maximum absolute atomic E-state index is 5.08. The summed E-state index contributed by atoms with van der Waals surface area (Å²) in [7, 11) is 1.64. The van der Waals surface area contributed by atoms with Crippen molar-refractivity contribution in [1.82, 2.24) is 4.98 Å². The molecule has 2 aromatic rings. The molecule has 0 saturated heterocycles. The van der Waals surface area contributed by atoms with Crippen molar-refractivity contribution in [2.24, 2.45) is 0 Å². The molecule has 2 nitrogen and oxygen atoms in total. The number of rotatable bonds is 1. The number of methoxy groups -OCH3 is 1. The van der Waals surface area contributed by atoms with Gasteiger partial charge in [0, 0.05) is 16.2 Å². The average Bonchev–Trinajstić information content (AvgIpc) is 2.37. The zero-order valence-electron chi connectivity index (χ0n) is 9.27. The molecule has 0 bridgehead atoms. The molecule has 0 saturated carbocycles. The fourth-order valence-corrected chi connectivity index (χ4v) is 1.62. The average molecular weight is 288 g/mol. The number of benzene rings is 1. The Kier molecular flexibility index (Phi) is 3.79. The summed E-state index contributed by atoms with van der Waals surface area (Å²) in [6.45, 7) is 0. The highest BCUT2D eigenvalue weighted by Gasteiger charge is 1.92. The predicted octanol–water partition coefficient (Wildman–Crippen LogP) is 3.25. The van der Waals surface area contributed by atoms with Gasteiger partial charge in [-0.05, 0) is 42.3 Å². The minimum absolute atomic E-state index is 0.746. The van der Waals surface area contributed by atoms with Crippen LogP contribution in [0.3, 0.4) is 0 Å². The second-order valence-corrected chi connectivity index (χ2v) is 4.25. The first-order valence-corrected chi connectivity index (χ1v) is 5.85. The van der Waals surface area contributed by atoms with E-state index < -0.39 is 0 Å². The maximum atomic E-state index is 5.08. The molecule has 0 atom stereocenters. The van der Waals surface area contributed by atoms with Gasteiger partial charge in [-0.2, -0.15) is 0 Å². The van der Waals surface area contributed by atoms with E-state index in [2.05, 4.69) is 32.8 Å². The van der Waals surface area contributed by atoms with E-state index in [1.807, 2.05) is 36.4 Å². The van der Waals surface area contributed by atoms with E-state index in [-0.39, 0.29) is 0 Å². The quantitative estimate of drug-likeness (QED) is 0.751. The predicted molar refractivity (Wildman–Crippen MR) is 70.9 cm³/mol. The molecule has 0 spiro atoms. The van der Waals surface area contributed by atoms with Gasteiger partial charge >= 0.3 is 0 Å². The van der Waals surface area contributed by atoms with Crippen LogP contribution in [0.1, 0.15) is 11.3 Å². The number of hydrogen-bond acceptors (Lipinski definition) is 2. The molecule has 1 aromatic heterocycles. The van der Waals surface area contributed by atoms with Crippen LogP contribution in [-0.2, 0) is 0 Å². The second-order valence-electron chi connectivity index (χ2n) is 3.34. The molecular formula is C14H10BrNO. The lowest BCUT2D eigenvalue weighted by molar-refractivity contribution is 0.415. The van der Waals surface area contributed by atoms with E-state index in [1.54, 1.807) is 13.3 Å². The lowest BCUT2D eigenvalue weighted by Gasteiger charge is -1.97. The molecule has 17 heavy (non-hydrogen) atoms. The minimum atomic E-state index is 0.746. The smallest absolute Gasteiger partial charge is 0.118 e. The Morgan fingerprint density at radius 2 is 1.88 bits per heavy atom. The van der Waals surface area contributed by atoms with Crippen molar-refractivity contribution in [2.45, 2.75) is 0 Å². The molecule has 0 aliphatic rings. The Balaban J connectivity index is 2.20. The van der Waals surface area contributed by atoms with E-state index in [4.69, 9.17) is 4.74 Å². The normalized spacial score (nSPS) is 9.29. The number of halogens is 1. The molecule has 0 amide bonds. The van der Waals surface area contributed by atoms with Crippen molar-refractivity contribution in [3.8, 4) is 17.6 Å². The van der Waals surface area contributed by atoms with Gasteiger partial charge in [-0.25, -0.2) is 4.98 Å². The number of ether oxygens (including phenoxy) is 1. The van der Waals surface area contributed by atoms with Gasteiger partial charge in [0.05, 0.1) is 7.11 Å². The fourth-order valence-electron chi connectivity index (χ4n) is 1.28. The molecule has 3 heteroatoms. The summed E-state index contributed by atoms with van der Waals surface area (Å²) in [5, 5.41) is 0. The van der Waals surface area contributed by atoms with Crippen LogP contribution >= 0.6 is 15.9 Å². The zero-order valence-corrected chi connectivity index (χ0v) is 10.9. The Bertz CT molecular complexity index is 567. The lowest BCUT2D eigenvalue weighted by Crippen LogP contribution is -1.83. The van der Waals surface area contributed by atoms with E-state index in [0.29, 0.717) is 0 Å². The van der Waals surface area contributed by atoms with Crippen molar-refractivity contribution in [3.63, 3.8) is 0 Å². The van der Waals surface area contributed by atoms with Gasteiger partial charge in [0.25, 0.3) is 0 Å². The molecule has 0 unspecified atom stereocenters. The highest BCUT2D eigenvalue weighted by molar-refractivity contribution is 9.10. The molecule has 0 radical (unpaired) electrons. The van der Waals surface area contributed by atoms with Gasteiger partial charge in [0.15, 0.2) is 0 Å². The molecule has 1 aromatic carbocycles. The topological polar surface area (TPSA) is 22.1 Å². The molecule has 2 rings (SSSR count). The zero-order chi connectivity index (χ0) is 12.1. The summed E-state index contributed by atoms with van der Waals surface area (Å²) in [5.74, 6) is 6.89. The number of pyridine rings is 1. The fraction of sp³-hybridized carbons (Fsp3) is 0.0714. The second kappa shape index (κ2) is 5.51. The third-order valence-corrected chi connectivity index (χ3v) is 2.64. The number of aromatic nitrogens is 1. The van der Waals surface area contributed by atoms with Crippen molar-refractivity contribution < 1.29 is 4.74 Å². The maximum Gasteiger partial charge on any atom is 0.118 e. The van der Waals surface area contributed by atoms with E-state index in [1.165, 1.54) is 0 Å². The van der Waals surface area contributed by atoms with Crippen LogP contribution in [0.2, 0.25) is 0 Å². The van der Waals surface area contributed by atoms with Gasteiger partial charge < -0.3 is 4.74 Å². The molecule has 0 aliphatic heterocycles. The first-order chi connectivity index (χ1) is 8.28. The largest absolute Gasteiger partial charge is 0.497 e. The minimum Gasteiger partial charge on any atom is -0.497 e. The molecule has 0 fully saturated rings. The summed E-state index contributed by atoms with van der Waals surface area (Å²) >= 11 is 3.38. The summed E-state index contributed by atoms with van der Waals surface area (Å²) in [5.41, 5.74) is 1.68. The van der Waals surface area contributed by atoms with Crippen molar-refractivity contribution in [1.29, 1.82) is 0 Å². The molecule has 84 valence electrons. The highest BCUT2D eigenvalue weighted by Crippen LogP contribution is 2.11. The third-order valence-electron chi connectivity index (χ3n) is 2.15. The van der Waals surface area contributed by atoms with Gasteiger partial charge in [0.1, 0.15) is 11.4 Å². The van der Waals surface area contributed by atoms with Gasteiger partial charge in [0.2, 0.25) is 0 Å². The van der Waals surface area contributed by atoms with E-state index in [9.17, 15) is 0 Å². The first-order valence-electron chi connectivity index (χ1n) is 5.05. The monoisotopic (exact) mass is 287 g/mol. The molecular weight excluding hydrogens is 278 g/mol. The summed E-state index contributed by atoms with van der Waals surface area (Å²) in [4.78, 5) is 4.16. The summed E-state index contributed by atoms with van der Waals surface area (Å²) in [6.07, 6.45) is 1.72. The Morgan fingerprint density at radius 3 is 2.53 bits per heavy atom. The molecule has 0 aliphatic carbocycles. The van der Waals surface area contributed by atoms with Crippen LogP contribution in [0.5, 0.6) is 5.75 Å². The first kappa shape index (κ1) is 11.7. The van der Waals surface area contributed by atoms with Crippen molar-refractivity contribution in [2.75, 3.05) is 7.11 Å². The van der Waals surface area contributed by atoms with E-state index in [0.717, 1.165) is 21.5 Å². The summed E-state index contributed by atoms with van der Waals surface area (Å²) < 4.78 is 6.06. The Labute approximate surface area is 109 Å². The van der Waals surface area contributed by atoms with Gasteiger partial charge in [-0.15, -0.1) is 0 Å². The Morgan fingerprint density at radius 1 is 1.12 bits per heavy atom. The highest BCUT2D eigenvalue weighted by atomic mass is 79.9. The van der Waals surface area contributed by atoms with Crippen LogP contribution in [-0.4, -0.2) is 12.1 Å². The van der Waals surface area contributed by atoms with Gasteiger partial charge in [-0.1, -0.05) is 21.9 Å². The van der Waals surface area contributed by atoms with Crippen LogP contribution < -0.4 is 4.74 Å². The van der Waals surface area contributed by atoms with E-state index >= 15 is 0 Å². The summed E-state index contributed by atoms with van der Waals surface area (Å²) in [6, 6.07) is 11.4. The van der Waals surface area contributed by atoms with Crippen LogP contribution in [0.25, 0.3) is 0 Å². The van der Waals surface area contributed by atoms with Crippen molar-refractivity contribution in [3.05, 3.63) is 58.3 Å². The third kappa shape index (κ3) is 3.33. The standard InChI is InChI=1S/C14H10BrNO/c1-17-14-6-3-11(4-7-14)2-5-13-10-12(15)8-9-16-13/h3-4,6-10H,1H3. The number of hydrogen-bond donors (Lipinski definition) is 0. The van der Waals surface area contributed by atoms with Crippen LogP contribution in [0, 0.1) is 11.8 Å². The van der Waals surface area contributed by atoms with Crippen molar-refractivity contribution >= 4 is 15.9 Å². The van der Waals surface area contributed by atoms with Crippen LogP contribution in [0.15, 0.2) is 47.1 Å². The molecule has 0 N–H and O–H groups in total. The van der Waals surface area contributed by atoms with Crippen LogP contribution in [0.4, 0.5) is 0 Å². The number of nitrogens with zero attached hydrogens (tertiary/aromatic N) is 1.